The Bertz CT molecular complexity index is 389. The molecule has 86 valence electrons. The van der Waals surface area contributed by atoms with Gasteiger partial charge in [0.2, 0.25) is 0 Å². The number of hydrogen-bond donors (Lipinski definition) is 2. The van der Waals surface area contributed by atoms with Crippen molar-refractivity contribution in [3.8, 4) is 0 Å². The summed E-state index contributed by atoms with van der Waals surface area (Å²) in [7, 11) is 0. The summed E-state index contributed by atoms with van der Waals surface area (Å²) in [5.74, 6) is -1.37. The fraction of sp³-hybridized carbons (Fsp3) is 0.400. The van der Waals surface area contributed by atoms with Crippen LogP contribution in [-0.4, -0.2) is 33.2 Å². The zero-order chi connectivity index (χ0) is 12.1. The number of aryl methyl sites for hydroxylation is 1. The molecule has 0 aliphatic carbocycles. The molecule has 0 aliphatic heterocycles. The first kappa shape index (κ1) is 12.1. The van der Waals surface area contributed by atoms with Crippen LogP contribution in [0.25, 0.3) is 0 Å². The summed E-state index contributed by atoms with van der Waals surface area (Å²) in [6.07, 6.45) is -0.120. The van der Waals surface area contributed by atoms with Crippen molar-refractivity contribution in [2.45, 2.75) is 26.3 Å². The van der Waals surface area contributed by atoms with Gasteiger partial charge in [0, 0.05) is 6.04 Å². The number of amides is 1. The lowest BCUT2D eigenvalue weighted by Gasteiger charge is -2.10. The Hall–Kier alpha value is -1.98. The summed E-state index contributed by atoms with van der Waals surface area (Å²) in [6.45, 7) is 3.38. The van der Waals surface area contributed by atoms with Crippen LogP contribution in [0.1, 0.15) is 29.5 Å². The second-order valence-corrected chi connectivity index (χ2v) is 3.53. The van der Waals surface area contributed by atoms with Crippen LogP contribution in [-0.2, 0) is 4.79 Å². The van der Waals surface area contributed by atoms with Crippen molar-refractivity contribution in [1.29, 1.82) is 0 Å². The molecule has 6 heteroatoms. The van der Waals surface area contributed by atoms with E-state index in [1.807, 2.05) is 0 Å². The first-order chi connectivity index (χ1) is 7.49. The normalized spacial score (nSPS) is 11.9. The molecule has 0 fully saturated rings. The number of nitrogens with one attached hydrogen (secondary N) is 1. The molecular formula is C10H13N3O3. The molecular weight excluding hydrogens is 210 g/mol. The number of aromatic nitrogens is 2. The van der Waals surface area contributed by atoms with Crippen molar-refractivity contribution in [3.05, 3.63) is 23.5 Å². The maximum absolute atomic E-state index is 11.5. The van der Waals surface area contributed by atoms with Crippen LogP contribution in [0.4, 0.5) is 0 Å². The van der Waals surface area contributed by atoms with Crippen molar-refractivity contribution >= 4 is 11.9 Å². The van der Waals surface area contributed by atoms with E-state index in [-0.39, 0.29) is 12.1 Å². The van der Waals surface area contributed by atoms with Gasteiger partial charge < -0.3 is 10.4 Å². The van der Waals surface area contributed by atoms with Gasteiger partial charge in [0.05, 0.1) is 12.1 Å². The van der Waals surface area contributed by atoms with E-state index in [0.717, 1.165) is 5.69 Å². The summed E-state index contributed by atoms with van der Waals surface area (Å²) in [5, 5.41) is 18.5. The lowest BCUT2D eigenvalue weighted by atomic mass is 10.2. The Morgan fingerprint density at radius 3 is 2.62 bits per heavy atom. The number of carbonyl (C=O) groups excluding carboxylic acids is 1. The maximum Gasteiger partial charge on any atom is 0.305 e. The second kappa shape index (κ2) is 5.20. The number of carboxylic acids is 1. The van der Waals surface area contributed by atoms with Crippen LogP contribution in [0.15, 0.2) is 12.1 Å². The standard InChI is InChI=1S/C10H13N3O3/c1-6-3-4-8(13-12-6)10(16)11-7(2)5-9(14)15/h3-4,7H,5H2,1-2H3,(H,11,16)(H,14,15). The number of hydrogen-bond acceptors (Lipinski definition) is 4. The monoisotopic (exact) mass is 223 g/mol. The largest absolute Gasteiger partial charge is 0.481 e. The molecule has 0 aromatic carbocycles. The van der Waals surface area contributed by atoms with Crippen LogP contribution in [0.3, 0.4) is 0 Å². The molecule has 2 N–H and O–H groups in total. The molecule has 1 atom stereocenters. The van der Waals surface area contributed by atoms with Crippen LogP contribution in [0, 0.1) is 6.92 Å². The Balaban J connectivity index is 2.58. The second-order valence-electron chi connectivity index (χ2n) is 3.53. The van der Waals surface area contributed by atoms with E-state index in [4.69, 9.17) is 5.11 Å². The molecule has 1 amide bonds. The number of nitrogens with zero attached hydrogens (tertiary/aromatic N) is 2. The molecule has 16 heavy (non-hydrogen) atoms. The number of carboxylic acid groups (broad SMARTS) is 1. The fourth-order valence-electron chi connectivity index (χ4n) is 1.13. The van der Waals surface area contributed by atoms with Crippen LogP contribution in [0.2, 0.25) is 0 Å². The third-order valence-corrected chi connectivity index (χ3v) is 1.89. The minimum Gasteiger partial charge on any atom is -0.481 e. The molecule has 0 radical (unpaired) electrons. The molecule has 0 saturated heterocycles. The lowest BCUT2D eigenvalue weighted by molar-refractivity contribution is -0.137. The molecule has 0 saturated carbocycles. The molecule has 0 spiro atoms. The average molecular weight is 223 g/mol. The summed E-state index contributed by atoms with van der Waals surface area (Å²) in [4.78, 5) is 21.9. The number of rotatable bonds is 4. The van der Waals surface area contributed by atoms with E-state index >= 15 is 0 Å². The Labute approximate surface area is 92.7 Å². The summed E-state index contributed by atoms with van der Waals surface area (Å²) in [5.41, 5.74) is 0.901. The van der Waals surface area contributed by atoms with Crippen molar-refractivity contribution in [3.63, 3.8) is 0 Å². The molecule has 0 bridgehead atoms. The van der Waals surface area contributed by atoms with Crippen LogP contribution >= 0.6 is 0 Å². The number of carbonyl (C=O) groups is 2. The topological polar surface area (TPSA) is 92.2 Å². The summed E-state index contributed by atoms with van der Waals surface area (Å²) >= 11 is 0. The number of aliphatic carboxylic acids is 1. The van der Waals surface area contributed by atoms with E-state index in [0.29, 0.717) is 0 Å². The predicted molar refractivity (Wildman–Crippen MR) is 56.0 cm³/mol. The smallest absolute Gasteiger partial charge is 0.305 e. The average Bonchev–Trinajstić information content (AvgIpc) is 2.16. The quantitative estimate of drug-likeness (QED) is 0.769. The molecule has 1 aromatic rings. The Morgan fingerprint density at radius 1 is 1.44 bits per heavy atom. The van der Waals surface area contributed by atoms with Gasteiger partial charge in [-0.15, -0.1) is 5.10 Å². The highest BCUT2D eigenvalue weighted by atomic mass is 16.4. The maximum atomic E-state index is 11.5. The van der Waals surface area contributed by atoms with Gasteiger partial charge >= 0.3 is 5.97 Å². The third-order valence-electron chi connectivity index (χ3n) is 1.89. The van der Waals surface area contributed by atoms with E-state index < -0.39 is 17.9 Å². The molecule has 1 rings (SSSR count). The van der Waals surface area contributed by atoms with Crippen molar-refractivity contribution in [2.75, 3.05) is 0 Å². The van der Waals surface area contributed by atoms with Crippen molar-refractivity contribution < 1.29 is 14.7 Å². The SMILES string of the molecule is Cc1ccc(C(=O)NC(C)CC(=O)O)nn1. The van der Waals surface area contributed by atoms with Gasteiger partial charge in [0.1, 0.15) is 0 Å². The summed E-state index contributed by atoms with van der Waals surface area (Å²) in [6, 6.07) is 2.78. The predicted octanol–water partition coefficient (Wildman–Crippen LogP) is 0.378. The van der Waals surface area contributed by atoms with Crippen molar-refractivity contribution in [2.24, 2.45) is 0 Å². The molecule has 1 aromatic heterocycles. The molecule has 6 nitrogen and oxygen atoms in total. The highest BCUT2D eigenvalue weighted by molar-refractivity contribution is 5.92. The third kappa shape index (κ3) is 3.64. The molecule has 1 heterocycles. The van der Waals surface area contributed by atoms with E-state index in [1.54, 1.807) is 26.0 Å². The van der Waals surface area contributed by atoms with Crippen LogP contribution < -0.4 is 5.32 Å². The van der Waals surface area contributed by atoms with Gasteiger partial charge in [-0.3, -0.25) is 9.59 Å². The highest BCUT2D eigenvalue weighted by Gasteiger charge is 2.13. The van der Waals surface area contributed by atoms with Gasteiger partial charge in [-0.05, 0) is 26.0 Å². The Morgan fingerprint density at radius 2 is 2.12 bits per heavy atom. The zero-order valence-corrected chi connectivity index (χ0v) is 9.10. The van der Waals surface area contributed by atoms with E-state index in [9.17, 15) is 9.59 Å². The van der Waals surface area contributed by atoms with Crippen LogP contribution in [0.5, 0.6) is 0 Å². The van der Waals surface area contributed by atoms with E-state index in [1.165, 1.54) is 0 Å². The van der Waals surface area contributed by atoms with Gasteiger partial charge in [0.25, 0.3) is 5.91 Å². The molecule has 1 unspecified atom stereocenters. The van der Waals surface area contributed by atoms with Crippen molar-refractivity contribution in [1.82, 2.24) is 15.5 Å². The zero-order valence-electron chi connectivity index (χ0n) is 9.10. The summed E-state index contributed by atoms with van der Waals surface area (Å²) < 4.78 is 0. The minimum absolute atomic E-state index is 0.120. The van der Waals surface area contributed by atoms with Gasteiger partial charge in [-0.1, -0.05) is 0 Å². The fourth-order valence-corrected chi connectivity index (χ4v) is 1.13. The van der Waals surface area contributed by atoms with Gasteiger partial charge in [-0.2, -0.15) is 5.10 Å². The first-order valence-corrected chi connectivity index (χ1v) is 4.82. The van der Waals surface area contributed by atoms with Gasteiger partial charge in [0.15, 0.2) is 5.69 Å². The lowest BCUT2D eigenvalue weighted by Crippen LogP contribution is -2.34. The van der Waals surface area contributed by atoms with E-state index in [2.05, 4.69) is 15.5 Å². The minimum atomic E-state index is -0.956. The molecule has 0 aliphatic rings. The van der Waals surface area contributed by atoms with Gasteiger partial charge in [-0.25, -0.2) is 0 Å². The Kier molecular flexibility index (Phi) is 3.93. The first-order valence-electron chi connectivity index (χ1n) is 4.82. The highest BCUT2D eigenvalue weighted by Crippen LogP contribution is 1.97.